The average Bonchev–Trinajstić information content (AvgIpc) is 3.28. The summed E-state index contributed by atoms with van der Waals surface area (Å²) in [6.07, 6.45) is 1.54. The van der Waals surface area contributed by atoms with Crippen LogP contribution in [0, 0.1) is 6.92 Å². The molecule has 0 saturated carbocycles. The molecule has 3 aromatic rings. The molecule has 1 atom stereocenters. The summed E-state index contributed by atoms with van der Waals surface area (Å²) >= 11 is 0. The third-order valence-corrected chi connectivity index (χ3v) is 7.09. The molecular weight excluding hydrogens is 470 g/mol. The van der Waals surface area contributed by atoms with Crippen LogP contribution in [-0.2, 0) is 22.5 Å². The number of rotatable bonds is 8. The van der Waals surface area contributed by atoms with Crippen molar-refractivity contribution < 1.29 is 24.2 Å². The van der Waals surface area contributed by atoms with Crippen LogP contribution in [0.2, 0.25) is 0 Å². The van der Waals surface area contributed by atoms with Crippen molar-refractivity contribution in [2.24, 2.45) is 0 Å². The molecule has 2 fully saturated rings. The van der Waals surface area contributed by atoms with Gasteiger partial charge in [0.1, 0.15) is 12.4 Å². The normalized spacial score (nSPS) is 18.6. The van der Waals surface area contributed by atoms with Crippen LogP contribution in [0.1, 0.15) is 41.3 Å². The fraction of sp³-hybridized carbons (Fsp3) is 0.345. The number of carbonyl (C=O) groups is 2. The number of carboxylic acids is 1. The lowest BCUT2D eigenvalue weighted by molar-refractivity contribution is -0.136. The zero-order chi connectivity index (χ0) is 25.8. The number of piperidine rings is 1. The zero-order valence-corrected chi connectivity index (χ0v) is 20.9. The molecule has 1 aromatic heterocycles. The van der Waals surface area contributed by atoms with E-state index < -0.39 is 5.97 Å². The minimum atomic E-state index is -0.879. The molecule has 2 aliphatic rings. The van der Waals surface area contributed by atoms with E-state index in [2.05, 4.69) is 22.0 Å². The summed E-state index contributed by atoms with van der Waals surface area (Å²) in [4.78, 5) is 32.5. The van der Waals surface area contributed by atoms with E-state index in [1.807, 2.05) is 42.2 Å². The number of hydrogen-bond donors (Lipinski definition) is 1. The van der Waals surface area contributed by atoms with E-state index in [4.69, 9.17) is 14.6 Å². The lowest BCUT2D eigenvalue weighted by atomic mass is 9.98. The molecule has 37 heavy (non-hydrogen) atoms. The fourth-order valence-electron chi connectivity index (χ4n) is 5.17. The van der Waals surface area contributed by atoms with Crippen LogP contribution < -0.4 is 4.74 Å². The molecule has 5 rings (SSSR count). The molecule has 2 aromatic carbocycles. The van der Waals surface area contributed by atoms with Crippen LogP contribution in [-0.4, -0.2) is 57.7 Å². The van der Waals surface area contributed by atoms with Gasteiger partial charge < -0.3 is 14.6 Å². The monoisotopic (exact) mass is 501 g/mol. The first-order valence-corrected chi connectivity index (χ1v) is 12.6. The van der Waals surface area contributed by atoms with Gasteiger partial charge in [-0.2, -0.15) is 0 Å². The van der Waals surface area contributed by atoms with Gasteiger partial charge >= 0.3 is 12.1 Å². The Labute approximate surface area is 216 Å². The maximum atomic E-state index is 12.5. The molecule has 3 heterocycles. The second kappa shape index (κ2) is 11.0. The second-order valence-corrected chi connectivity index (χ2v) is 9.63. The highest BCUT2D eigenvalue weighted by atomic mass is 16.6. The van der Waals surface area contributed by atoms with Crippen LogP contribution in [0.25, 0.3) is 0 Å². The first kappa shape index (κ1) is 24.8. The van der Waals surface area contributed by atoms with Crippen molar-refractivity contribution in [2.45, 2.75) is 44.8 Å². The largest absolute Gasteiger partial charge is 0.481 e. The number of likely N-dealkylation sites (tertiary alicyclic amines) is 1. The number of carbonyl (C=O) groups excluding carboxylic acids is 1. The highest BCUT2D eigenvalue weighted by Crippen LogP contribution is 2.33. The molecule has 0 radical (unpaired) electrons. The van der Waals surface area contributed by atoms with E-state index in [0.717, 1.165) is 49.3 Å². The van der Waals surface area contributed by atoms with Crippen molar-refractivity contribution in [3.05, 3.63) is 89.1 Å². The first-order valence-electron chi connectivity index (χ1n) is 12.6. The summed E-state index contributed by atoms with van der Waals surface area (Å²) in [5.41, 5.74) is 3.83. The molecular formula is C29H31N3O5. The van der Waals surface area contributed by atoms with Crippen molar-refractivity contribution in [2.75, 3.05) is 19.7 Å². The Hall–Kier alpha value is -3.91. The van der Waals surface area contributed by atoms with Gasteiger partial charge in [-0.1, -0.05) is 48.5 Å². The predicted octanol–water partition coefficient (Wildman–Crippen LogP) is 4.97. The topological polar surface area (TPSA) is 92.2 Å². The van der Waals surface area contributed by atoms with Crippen molar-refractivity contribution in [3.63, 3.8) is 0 Å². The highest BCUT2D eigenvalue weighted by molar-refractivity contribution is 5.71. The lowest BCUT2D eigenvalue weighted by Crippen LogP contribution is -2.46. The Kier molecular flexibility index (Phi) is 7.37. The first-order chi connectivity index (χ1) is 18.0. The van der Waals surface area contributed by atoms with Gasteiger partial charge in [-0.3, -0.25) is 14.6 Å². The third kappa shape index (κ3) is 5.91. The van der Waals surface area contributed by atoms with Crippen molar-refractivity contribution in [1.29, 1.82) is 0 Å². The van der Waals surface area contributed by atoms with E-state index in [-0.39, 0.29) is 24.6 Å². The summed E-state index contributed by atoms with van der Waals surface area (Å²) in [5.74, 6) is 0.164. The number of ether oxygens (including phenoxy) is 2. The molecule has 0 unspecified atom stereocenters. The number of pyridine rings is 1. The summed E-state index contributed by atoms with van der Waals surface area (Å²) in [6, 6.07) is 21.2. The Morgan fingerprint density at radius 3 is 2.59 bits per heavy atom. The van der Waals surface area contributed by atoms with Gasteiger partial charge in [0.25, 0.3) is 0 Å². The Bertz CT molecular complexity index is 1260. The van der Waals surface area contributed by atoms with E-state index in [1.165, 1.54) is 0 Å². The quantitative estimate of drug-likeness (QED) is 0.466. The number of cyclic esters (lactones) is 1. The van der Waals surface area contributed by atoms with E-state index >= 15 is 0 Å². The van der Waals surface area contributed by atoms with Crippen molar-refractivity contribution in [3.8, 4) is 11.6 Å². The lowest BCUT2D eigenvalue weighted by Gasteiger charge is -2.38. The summed E-state index contributed by atoms with van der Waals surface area (Å²) in [5, 5.41) is 9.01. The molecule has 1 N–H and O–H groups in total. The van der Waals surface area contributed by atoms with Crippen molar-refractivity contribution >= 4 is 12.1 Å². The van der Waals surface area contributed by atoms with Gasteiger partial charge in [0.05, 0.1) is 12.5 Å². The van der Waals surface area contributed by atoms with E-state index in [1.54, 1.807) is 24.3 Å². The highest BCUT2D eigenvalue weighted by Gasteiger charge is 2.40. The number of amides is 1. The summed E-state index contributed by atoms with van der Waals surface area (Å²) in [6.45, 7) is 4.95. The van der Waals surface area contributed by atoms with Gasteiger partial charge in [0.2, 0.25) is 5.88 Å². The number of aryl methyl sites for hydroxylation is 1. The molecule has 1 amide bonds. The minimum Gasteiger partial charge on any atom is -0.481 e. The molecule has 0 spiro atoms. The number of aromatic nitrogens is 1. The van der Waals surface area contributed by atoms with Gasteiger partial charge in [0.15, 0.2) is 0 Å². The second-order valence-electron chi connectivity index (χ2n) is 9.63. The van der Waals surface area contributed by atoms with Crippen LogP contribution in [0.4, 0.5) is 4.79 Å². The van der Waals surface area contributed by atoms with Gasteiger partial charge in [0, 0.05) is 37.4 Å². The number of hydrogen-bond acceptors (Lipinski definition) is 6. The molecule has 2 aliphatic heterocycles. The molecule has 0 bridgehead atoms. The molecule has 0 aliphatic carbocycles. The number of carboxylic acid groups (broad SMARTS) is 1. The number of aliphatic carboxylic acids is 1. The molecule has 8 nitrogen and oxygen atoms in total. The number of nitrogens with zero attached hydrogens (tertiary/aromatic N) is 3. The molecule has 8 heteroatoms. The minimum absolute atomic E-state index is 0.0194. The van der Waals surface area contributed by atoms with Gasteiger partial charge in [-0.15, -0.1) is 0 Å². The van der Waals surface area contributed by atoms with Gasteiger partial charge in [-0.25, -0.2) is 9.78 Å². The number of benzene rings is 2. The van der Waals surface area contributed by atoms with Crippen LogP contribution >= 0.6 is 0 Å². The van der Waals surface area contributed by atoms with Crippen LogP contribution in [0.3, 0.4) is 0 Å². The smallest absolute Gasteiger partial charge is 0.410 e. The van der Waals surface area contributed by atoms with Crippen LogP contribution in [0.5, 0.6) is 11.6 Å². The van der Waals surface area contributed by atoms with E-state index in [9.17, 15) is 9.59 Å². The third-order valence-electron chi connectivity index (χ3n) is 7.09. The summed E-state index contributed by atoms with van der Waals surface area (Å²) < 4.78 is 11.3. The summed E-state index contributed by atoms with van der Waals surface area (Å²) in [7, 11) is 0. The molecule has 192 valence electrons. The molecule has 2 saturated heterocycles. The van der Waals surface area contributed by atoms with Crippen molar-refractivity contribution in [1.82, 2.24) is 14.8 Å². The fourth-order valence-corrected chi connectivity index (χ4v) is 5.17. The standard InChI is InChI=1S/C29H31N3O5/c1-20-23(10-11-27(30-20)37-25-9-5-6-21(16-25)17-28(33)34)18-31-14-12-24(13-15-31)32-26(19-36-29(32)35)22-7-3-2-4-8-22/h2-11,16,24,26H,12-15,17-19H2,1H3,(H,33,34)/t26-/m0/s1. The zero-order valence-electron chi connectivity index (χ0n) is 20.9. The Morgan fingerprint density at radius 2 is 1.86 bits per heavy atom. The average molecular weight is 502 g/mol. The predicted molar refractivity (Wildman–Crippen MR) is 137 cm³/mol. The Morgan fingerprint density at radius 1 is 1.08 bits per heavy atom. The van der Waals surface area contributed by atoms with Crippen LogP contribution in [0.15, 0.2) is 66.7 Å². The maximum Gasteiger partial charge on any atom is 0.410 e. The van der Waals surface area contributed by atoms with E-state index in [0.29, 0.717) is 23.8 Å². The van der Waals surface area contributed by atoms with Gasteiger partial charge in [-0.05, 0) is 48.6 Å². The SMILES string of the molecule is Cc1nc(Oc2cccc(CC(=O)O)c2)ccc1CN1CCC(N2C(=O)OC[C@H]2c2ccccc2)CC1. The Balaban J connectivity index is 1.17. The maximum absolute atomic E-state index is 12.5.